The first kappa shape index (κ1) is 21.6. The molecule has 2 amide bonds. The van der Waals surface area contributed by atoms with E-state index in [1.54, 1.807) is 31.4 Å². The van der Waals surface area contributed by atoms with Crippen LogP contribution in [0.2, 0.25) is 5.02 Å². The number of hydrazine groups is 1. The fourth-order valence-electron chi connectivity index (χ4n) is 4.15. The fraction of sp³-hybridized carbons (Fsp3) is 0.391. The van der Waals surface area contributed by atoms with Crippen LogP contribution in [0.1, 0.15) is 41.2 Å². The topological polar surface area (TPSA) is 82.7 Å². The van der Waals surface area contributed by atoms with Gasteiger partial charge in [0.1, 0.15) is 11.8 Å². The van der Waals surface area contributed by atoms with Gasteiger partial charge in [-0.05, 0) is 49.1 Å². The molecule has 2 saturated heterocycles. The van der Waals surface area contributed by atoms with Crippen molar-refractivity contribution >= 4 is 23.4 Å². The van der Waals surface area contributed by atoms with Gasteiger partial charge in [-0.25, -0.2) is 10.9 Å². The Hall–Kier alpha value is -2.61. The molecule has 2 heterocycles. The van der Waals surface area contributed by atoms with Crippen molar-refractivity contribution in [2.75, 3.05) is 20.2 Å². The number of carbonyl (C=O) groups is 2. The van der Waals surface area contributed by atoms with Crippen LogP contribution >= 0.6 is 11.6 Å². The maximum Gasteiger partial charge on any atom is 0.253 e. The van der Waals surface area contributed by atoms with Crippen molar-refractivity contribution in [3.63, 3.8) is 0 Å². The van der Waals surface area contributed by atoms with Gasteiger partial charge in [-0.1, -0.05) is 35.9 Å². The van der Waals surface area contributed by atoms with Crippen molar-refractivity contribution in [1.29, 1.82) is 0 Å². The van der Waals surface area contributed by atoms with E-state index in [4.69, 9.17) is 16.3 Å². The Labute approximate surface area is 187 Å². The summed E-state index contributed by atoms with van der Waals surface area (Å²) in [6.07, 6.45) is 2.14. The van der Waals surface area contributed by atoms with Gasteiger partial charge in [-0.2, -0.15) is 0 Å². The van der Waals surface area contributed by atoms with Gasteiger partial charge in [0.15, 0.2) is 0 Å². The lowest BCUT2D eigenvalue weighted by Gasteiger charge is -2.33. The molecular formula is C23H27ClN4O3. The van der Waals surface area contributed by atoms with Gasteiger partial charge in [0.05, 0.1) is 17.7 Å². The average Bonchev–Trinajstić information content (AvgIpc) is 3.30. The second kappa shape index (κ2) is 9.68. The normalized spacial score (nSPS) is 21.7. The van der Waals surface area contributed by atoms with Crippen LogP contribution in [0.25, 0.3) is 0 Å². The molecule has 0 radical (unpaired) electrons. The van der Waals surface area contributed by atoms with Crippen molar-refractivity contribution in [2.45, 2.75) is 37.4 Å². The zero-order chi connectivity index (χ0) is 21.8. The Bertz CT molecular complexity index is 929. The SMILES string of the molecule is COc1ccc(C2CC(C(=O)N3CCC(NC(=O)c4ccccc4Cl)CC3)NN2)cc1. The summed E-state index contributed by atoms with van der Waals surface area (Å²) in [5.74, 6) is 0.741. The molecule has 2 fully saturated rings. The lowest BCUT2D eigenvalue weighted by molar-refractivity contribution is -0.134. The number of nitrogens with one attached hydrogen (secondary N) is 3. The maximum atomic E-state index is 13.0. The average molecular weight is 443 g/mol. The van der Waals surface area contributed by atoms with E-state index in [-0.39, 0.29) is 29.9 Å². The Morgan fingerprint density at radius 2 is 1.77 bits per heavy atom. The van der Waals surface area contributed by atoms with Crippen LogP contribution in [0, 0.1) is 0 Å². The molecule has 2 unspecified atom stereocenters. The Kier molecular flexibility index (Phi) is 6.75. The predicted molar refractivity (Wildman–Crippen MR) is 119 cm³/mol. The molecule has 0 saturated carbocycles. The molecule has 2 aromatic rings. The van der Waals surface area contributed by atoms with Crippen LogP contribution in [0.15, 0.2) is 48.5 Å². The highest BCUT2D eigenvalue weighted by Crippen LogP contribution is 2.26. The van der Waals surface area contributed by atoms with E-state index in [0.717, 1.165) is 24.2 Å². The van der Waals surface area contributed by atoms with Crippen LogP contribution in [-0.4, -0.2) is 49.0 Å². The smallest absolute Gasteiger partial charge is 0.253 e. The molecule has 0 aliphatic carbocycles. The summed E-state index contributed by atoms with van der Waals surface area (Å²) in [5.41, 5.74) is 7.97. The molecule has 31 heavy (non-hydrogen) atoms. The van der Waals surface area contributed by atoms with Gasteiger partial charge in [0.25, 0.3) is 5.91 Å². The third-order valence-corrected chi connectivity index (χ3v) is 6.31. The van der Waals surface area contributed by atoms with Crippen LogP contribution in [0.3, 0.4) is 0 Å². The Morgan fingerprint density at radius 1 is 1.06 bits per heavy atom. The second-order valence-corrected chi connectivity index (χ2v) is 8.36. The number of carbonyl (C=O) groups excluding carboxylic acids is 2. The number of hydrogen-bond donors (Lipinski definition) is 3. The highest BCUT2D eigenvalue weighted by atomic mass is 35.5. The van der Waals surface area contributed by atoms with E-state index in [9.17, 15) is 9.59 Å². The molecule has 7 nitrogen and oxygen atoms in total. The third-order valence-electron chi connectivity index (χ3n) is 5.98. The summed E-state index contributed by atoms with van der Waals surface area (Å²) in [6, 6.07) is 14.7. The number of piperidine rings is 1. The number of halogens is 1. The summed E-state index contributed by atoms with van der Waals surface area (Å²) in [5, 5.41) is 3.49. The van der Waals surface area contributed by atoms with E-state index < -0.39 is 0 Å². The highest BCUT2D eigenvalue weighted by molar-refractivity contribution is 6.33. The number of hydrogen-bond acceptors (Lipinski definition) is 5. The minimum absolute atomic E-state index is 0.0366. The summed E-state index contributed by atoms with van der Waals surface area (Å²) in [7, 11) is 1.64. The van der Waals surface area contributed by atoms with E-state index in [2.05, 4.69) is 16.2 Å². The van der Waals surface area contributed by atoms with Gasteiger partial charge in [0, 0.05) is 25.2 Å². The van der Waals surface area contributed by atoms with Gasteiger partial charge < -0.3 is 15.0 Å². The number of nitrogens with zero attached hydrogens (tertiary/aromatic N) is 1. The number of ether oxygens (including phenoxy) is 1. The highest BCUT2D eigenvalue weighted by Gasteiger charge is 2.34. The standard InChI is InChI=1S/C23H27ClN4O3/c1-31-17-8-6-15(7-9-17)20-14-21(27-26-20)23(30)28-12-10-16(11-13-28)25-22(29)18-4-2-3-5-19(18)24/h2-9,16,20-21,26-27H,10-14H2,1H3,(H,25,29). The zero-order valence-electron chi connectivity index (χ0n) is 17.4. The van der Waals surface area contributed by atoms with Crippen molar-refractivity contribution < 1.29 is 14.3 Å². The summed E-state index contributed by atoms with van der Waals surface area (Å²) < 4.78 is 5.20. The Balaban J connectivity index is 1.26. The van der Waals surface area contributed by atoms with E-state index >= 15 is 0 Å². The molecule has 164 valence electrons. The number of benzene rings is 2. The molecule has 0 bridgehead atoms. The first-order valence-corrected chi connectivity index (χ1v) is 10.9. The van der Waals surface area contributed by atoms with Gasteiger partial charge in [-0.3, -0.25) is 9.59 Å². The molecule has 2 aliphatic heterocycles. The van der Waals surface area contributed by atoms with Crippen LogP contribution < -0.4 is 20.9 Å². The molecule has 2 atom stereocenters. The minimum Gasteiger partial charge on any atom is -0.497 e. The summed E-state index contributed by atoms with van der Waals surface area (Å²) in [6.45, 7) is 1.25. The lowest BCUT2D eigenvalue weighted by atomic mass is 9.99. The lowest BCUT2D eigenvalue weighted by Crippen LogP contribution is -2.51. The summed E-state index contributed by atoms with van der Waals surface area (Å²) >= 11 is 6.11. The van der Waals surface area contributed by atoms with E-state index in [1.807, 2.05) is 29.2 Å². The molecule has 2 aliphatic rings. The quantitative estimate of drug-likeness (QED) is 0.663. The van der Waals surface area contributed by atoms with Gasteiger partial charge >= 0.3 is 0 Å². The fourth-order valence-corrected chi connectivity index (χ4v) is 4.37. The van der Waals surface area contributed by atoms with Crippen LogP contribution in [0.5, 0.6) is 5.75 Å². The molecule has 0 spiro atoms. The molecule has 8 heteroatoms. The molecule has 0 aromatic heterocycles. The summed E-state index contributed by atoms with van der Waals surface area (Å²) in [4.78, 5) is 27.3. The first-order valence-electron chi connectivity index (χ1n) is 10.5. The van der Waals surface area contributed by atoms with Crippen LogP contribution in [-0.2, 0) is 4.79 Å². The monoisotopic (exact) mass is 442 g/mol. The van der Waals surface area contributed by atoms with E-state index in [0.29, 0.717) is 30.1 Å². The van der Waals surface area contributed by atoms with E-state index in [1.165, 1.54) is 0 Å². The molecule has 3 N–H and O–H groups in total. The zero-order valence-corrected chi connectivity index (χ0v) is 18.2. The third kappa shape index (κ3) is 5.01. The Morgan fingerprint density at radius 3 is 2.45 bits per heavy atom. The van der Waals surface area contributed by atoms with Crippen molar-refractivity contribution in [2.24, 2.45) is 0 Å². The maximum absolute atomic E-state index is 13.0. The van der Waals surface area contributed by atoms with Crippen molar-refractivity contribution in [1.82, 2.24) is 21.1 Å². The number of rotatable bonds is 5. The molecular weight excluding hydrogens is 416 g/mol. The minimum atomic E-state index is -0.263. The second-order valence-electron chi connectivity index (χ2n) is 7.96. The largest absolute Gasteiger partial charge is 0.497 e. The number of methoxy groups -OCH3 is 1. The van der Waals surface area contributed by atoms with Crippen LogP contribution in [0.4, 0.5) is 0 Å². The van der Waals surface area contributed by atoms with Crippen molar-refractivity contribution in [3.8, 4) is 5.75 Å². The molecule has 2 aromatic carbocycles. The van der Waals surface area contributed by atoms with Gasteiger partial charge in [-0.15, -0.1) is 0 Å². The first-order chi connectivity index (χ1) is 15.0. The number of likely N-dealkylation sites (tertiary alicyclic amines) is 1. The van der Waals surface area contributed by atoms with Gasteiger partial charge in [0.2, 0.25) is 5.91 Å². The van der Waals surface area contributed by atoms with Crippen molar-refractivity contribution in [3.05, 3.63) is 64.7 Å². The number of amides is 2. The predicted octanol–water partition coefficient (Wildman–Crippen LogP) is 2.68. The molecule has 4 rings (SSSR count).